The van der Waals surface area contributed by atoms with E-state index in [4.69, 9.17) is 4.74 Å². The van der Waals surface area contributed by atoms with Gasteiger partial charge in [0.1, 0.15) is 5.75 Å². The number of methoxy groups -OCH3 is 1. The largest absolute Gasteiger partial charge is 0.495 e. The van der Waals surface area contributed by atoms with E-state index in [1.165, 1.54) is 38.3 Å². The molecule has 0 saturated carbocycles. The number of carbonyl (C=O) groups is 2. The second-order valence-electron chi connectivity index (χ2n) is 5.54. The lowest BCUT2D eigenvalue weighted by atomic mass is 10.1. The van der Waals surface area contributed by atoms with Crippen LogP contribution in [0.2, 0.25) is 0 Å². The van der Waals surface area contributed by atoms with Gasteiger partial charge in [0.25, 0.3) is 0 Å². The summed E-state index contributed by atoms with van der Waals surface area (Å²) in [5.41, 5.74) is 0.205. The van der Waals surface area contributed by atoms with E-state index in [0.29, 0.717) is 17.1 Å². The predicted octanol–water partition coefficient (Wildman–Crippen LogP) is 4.32. The SMILES string of the molecule is COc1ccc(NC(C)=O)cc1NC(=O)/C=C/c1cccc(C(F)(F)F)c1. The maximum absolute atomic E-state index is 12.7. The van der Waals surface area contributed by atoms with Gasteiger partial charge >= 0.3 is 6.18 Å². The van der Waals surface area contributed by atoms with E-state index in [0.717, 1.165) is 18.2 Å². The van der Waals surface area contributed by atoms with Gasteiger partial charge in [0.05, 0.1) is 18.4 Å². The molecular formula is C19H17F3N2O3. The average molecular weight is 378 g/mol. The minimum absolute atomic E-state index is 0.235. The first kappa shape index (κ1) is 20.0. The topological polar surface area (TPSA) is 67.4 Å². The Balaban J connectivity index is 2.15. The van der Waals surface area contributed by atoms with Crippen molar-refractivity contribution in [2.24, 2.45) is 0 Å². The van der Waals surface area contributed by atoms with Crippen LogP contribution >= 0.6 is 0 Å². The van der Waals surface area contributed by atoms with Crippen LogP contribution in [0.25, 0.3) is 6.08 Å². The highest BCUT2D eigenvalue weighted by molar-refractivity contribution is 6.03. The highest BCUT2D eigenvalue weighted by Crippen LogP contribution is 2.30. The number of rotatable bonds is 5. The van der Waals surface area contributed by atoms with Gasteiger partial charge in [-0.1, -0.05) is 12.1 Å². The maximum atomic E-state index is 12.7. The standard InChI is InChI=1S/C19H17F3N2O3/c1-12(25)23-15-7-8-17(27-2)16(11-15)24-18(26)9-6-13-4-3-5-14(10-13)19(20,21)22/h3-11H,1-2H3,(H,23,25)(H,24,26)/b9-6+. The minimum Gasteiger partial charge on any atom is -0.495 e. The summed E-state index contributed by atoms with van der Waals surface area (Å²) in [6, 6.07) is 9.30. The van der Waals surface area contributed by atoms with Crippen molar-refractivity contribution < 1.29 is 27.5 Å². The van der Waals surface area contributed by atoms with Crippen molar-refractivity contribution in [2.75, 3.05) is 17.7 Å². The predicted molar refractivity (Wildman–Crippen MR) is 96.4 cm³/mol. The number of hydrogen-bond donors (Lipinski definition) is 2. The second-order valence-corrected chi connectivity index (χ2v) is 5.54. The number of carbonyl (C=O) groups excluding carboxylic acids is 2. The monoisotopic (exact) mass is 378 g/mol. The van der Waals surface area contributed by atoms with Gasteiger partial charge in [-0.3, -0.25) is 9.59 Å². The molecular weight excluding hydrogens is 361 g/mol. The van der Waals surface area contributed by atoms with Gasteiger partial charge in [0.2, 0.25) is 11.8 Å². The van der Waals surface area contributed by atoms with Gasteiger partial charge in [-0.25, -0.2) is 0 Å². The summed E-state index contributed by atoms with van der Waals surface area (Å²) in [7, 11) is 1.42. The molecule has 0 aliphatic rings. The number of hydrogen-bond acceptors (Lipinski definition) is 3. The quantitative estimate of drug-likeness (QED) is 0.762. The van der Waals surface area contributed by atoms with Gasteiger partial charge in [0.15, 0.2) is 0 Å². The number of nitrogens with one attached hydrogen (secondary N) is 2. The van der Waals surface area contributed by atoms with Crippen molar-refractivity contribution in [1.29, 1.82) is 0 Å². The Morgan fingerprint density at radius 3 is 2.44 bits per heavy atom. The average Bonchev–Trinajstić information content (AvgIpc) is 2.59. The molecule has 0 heterocycles. The lowest BCUT2D eigenvalue weighted by Crippen LogP contribution is -2.11. The summed E-state index contributed by atoms with van der Waals surface area (Å²) < 4.78 is 43.3. The molecule has 27 heavy (non-hydrogen) atoms. The maximum Gasteiger partial charge on any atom is 0.416 e. The first-order chi connectivity index (χ1) is 12.7. The van der Waals surface area contributed by atoms with Crippen molar-refractivity contribution in [3.05, 3.63) is 59.7 Å². The summed E-state index contributed by atoms with van der Waals surface area (Å²) in [4.78, 5) is 23.2. The lowest BCUT2D eigenvalue weighted by molar-refractivity contribution is -0.137. The van der Waals surface area contributed by atoms with Crippen LogP contribution in [-0.4, -0.2) is 18.9 Å². The molecule has 5 nitrogen and oxygen atoms in total. The first-order valence-electron chi connectivity index (χ1n) is 7.81. The van der Waals surface area contributed by atoms with E-state index in [9.17, 15) is 22.8 Å². The first-order valence-corrected chi connectivity index (χ1v) is 7.81. The van der Waals surface area contributed by atoms with Gasteiger partial charge in [-0.15, -0.1) is 0 Å². The van der Waals surface area contributed by atoms with Crippen LogP contribution in [0.4, 0.5) is 24.5 Å². The van der Waals surface area contributed by atoms with Crippen LogP contribution in [-0.2, 0) is 15.8 Å². The molecule has 2 aromatic rings. The summed E-state index contributed by atoms with van der Waals surface area (Å²) >= 11 is 0. The van der Waals surface area contributed by atoms with E-state index >= 15 is 0 Å². The number of amides is 2. The van der Waals surface area contributed by atoms with Crippen molar-refractivity contribution >= 4 is 29.3 Å². The molecule has 0 fully saturated rings. The van der Waals surface area contributed by atoms with Crippen LogP contribution in [0, 0.1) is 0 Å². The third-order valence-corrected chi connectivity index (χ3v) is 3.42. The Hall–Kier alpha value is -3.29. The smallest absolute Gasteiger partial charge is 0.416 e. The molecule has 0 aliphatic heterocycles. The Morgan fingerprint density at radius 2 is 1.81 bits per heavy atom. The van der Waals surface area contributed by atoms with Gasteiger partial charge in [-0.05, 0) is 42.0 Å². The molecule has 0 aromatic heterocycles. The van der Waals surface area contributed by atoms with E-state index < -0.39 is 17.6 Å². The van der Waals surface area contributed by atoms with E-state index in [1.807, 2.05) is 0 Å². The van der Waals surface area contributed by atoms with Gasteiger partial charge in [-0.2, -0.15) is 13.2 Å². The van der Waals surface area contributed by atoms with Crippen LogP contribution in [0.1, 0.15) is 18.1 Å². The molecule has 8 heteroatoms. The van der Waals surface area contributed by atoms with Crippen LogP contribution in [0.5, 0.6) is 5.75 Å². The number of benzene rings is 2. The van der Waals surface area contributed by atoms with Crippen LogP contribution in [0.3, 0.4) is 0 Å². The Labute approximate surface area is 153 Å². The third-order valence-electron chi connectivity index (χ3n) is 3.42. The molecule has 0 atom stereocenters. The molecule has 0 aliphatic carbocycles. The summed E-state index contributed by atoms with van der Waals surface area (Å²) in [6.07, 6.45) is -2.07. The van der Waals surface area contributed by atoms with E-state index in [-0.39, 0.29) is 11.5 Å². The van der Waals surface area contributed by atoms with Crippen molar-refractivity contribution in [3.63, 3.8) is 0 Å². The second kappa shape index (κ2) is 8.39. The van der Waals surface area contributed by atoms with Gasteiger partial charge < -0.3 is 15.4 Å². The molecule has 2 rings (SSSR count). The highest BCUT2D eigenvalue weighted by atomic mass is 19.4. The number of anilines is 2. The number of halogens is 3. The number of alkyl halides is 3. The number of ether oxygens (including phenoxy) is 1. The molecule has 142 valence electrons. The van der Waals surface area contributed by atoms with E-state index in [1.54, 1.807) is 12.1 Å². The fraction of sp³-hybridized carbons (Fsp3) is 0.158. The van der Waals surface area contributed by atoms with Gasteiger partial charge in [0, 0.05) is 18.7 Å². The fourth-order valence-electron chi connectivity index (χ4n) is 2.25. The van der Waals surface area contributed by atoms with Crippen LogP contribution < -0.4 is 15.4 Å². The molecule has 0 spiro atoms. The molecule has 2 aromatic carbocycles. The molecule has 0 unspecified atom stereocenters. The zero-order chi connectivity index (χ0) is 20.0. The summed E-state index contributed by atoms with van der Waals surface area (Å²) in [5.74, 6) is -0.475. The molecule has 2 N–H and O–H groups in total. The zero-order valence-corrected chi connectivity index (χ0v) is 14.6. The minimum atomic E-state index is -4.45. The Morgan fingerprint density at radius 1 is 1.07 bits per heavy atom. The normalized spacial score (nSPS) is 11.3. The molecule has 0 bridgehead atoms. The summed E-state index contributed by atoms with van der Waals surface area (Å²) in [6.45, 7) is 1.35. The Kier molecular flexibility index (Phi) is 6.23. The van der Waals surface area contributed by atoms with Crippen molar-refractivity contribution in [2.45, 2.75) is 13.1 Å². The van der Waals surface area contributed by atoms with Crippen molar-refractivity contribution in [1.82, 2.24) is 0 Å². The molecule has 0 radical (unpaired) electrons. The third kappa shape index (κ3) is 5.88. The lowest BCUT2D eigenvalue weighted by Gasteiger charge is -2.11. The molecule has 2 amide bonds. The highest BCUT2D eigenvalue weighted by Gasteiger charge is 2.30. The van der Waals surface area contributed by atoms with E-state index in [2.05, 4.69) is 10.6 Å². The Bertz CT molecular complexity index is 877. The van der Waals surface area contributed by atoms with Crippen LogP contribution in [0.15, 0.2) is 48.5 Å². The van der Waals surface area contributed by atoms with Crippen molar-refractivity contribution in [3.8, 4) is 5.75 Å². The zero-order valence-electron chi connectivity index (χ0n) is 14.6. The molecule has 0 saturated heterocycles. The summed E-state index contributed by atoms with van der Waals surface area (Å²) in [5, 5.41) is 5.14. The fourth-order valence-corrected chi connectivity index (χ4v) is 2.25.